The Morgan fingerprint density at radius 1 is 1.57 bits per heavy atom. The van der Waals surface area contributed by atoms with E-state index in [-0.39, 0.29) is 17.9 Å². The van der Waals surface area contributed by atoms with Crippen LogP contribution in [0.3, 0.4) is 0 Å². The molecule has 1 unspecified atom stereocenters. The molecule has 114 valence electrons. The van der Waals surface area contributed by atoms with Gasteiger partial charge in [0.2, 0.25) is 10.0 Å². The number of rotatable bonds is 7. The van der Waals surface area contributed by atoms with Gasteiger partial charge in [0.25, 0.3) is 0 Å². The highest BCUT2D eigenvalue weighted by Crippen LogP contribution is 2.13. The molecule has 0 aliphatic rings. The molecule has 0 saturated carbocycles. The summed E-state index contributed by atoms with van der Waals surface area (Å²) in [5.41, 5.74) is 0. The Kier molecular flexibility index (Phi) is 4.38. The van der Waals surface area contributed by atoms with Gasteiger partial charge in [-0.05, 0) is 6.92 Å². The van der Waals surface area contributed by atoms with E-state index in [1.165, 1.54) is 23.3 Å². The molecule has 0 spiro atoms. The second kappa shape index (κ2) is 6.06. The lowest BCUT2D eigenvalue weighted by molar-refractivity contribution is -0.137. The first-order valence-corrected chi connectivity index (χ1v) is 7.62. The Labute approximate surface area is 121 Å². The zero-order valence-corrected chi connectivity index (χ0v) is 12.0. The van der Waals surface area contributed by atoms with Crippen molar-refractivity contribution >= 4 is 16.0 Å². The van der Waals surface area contributed by atoms with Crippen LogP contribution in [0.25, 0.3) is 0 Å². The van der Waals surface area contributed by atoms with Crippen LogP contribution in [-0.4, -0.2) is 39.2 Å². The van der Waals surface area contributed by atoms with Crippen molar-refractivity contribution in [3.05, 3.63) is 30.6 Å². The first-order chi connectivity index (χ1) is 9.88. The molecule has 1 atom stereocenters. The van der Waals surface area contributed by atoms with Crippen molar-refractivity contribution in [1.82, 2.24) is 24.5 Å². The van der Waals surface area contributed by atoms with E-state index in [0.29, 0.717) is 5.82 Å². The molecule has 0 fully saturated rings. The molecule has 0 aliphatic carbocycles. The van der Waals surface area contributed by atoms with Crippen LogP contribution in [0.15, 0.2) is 29.7 Å². The molecule has 0 aliphatic heterocycles. The number of aliphatic carboxylic acids is 1. The van der Waals surface area contributed by atoms with Crippen LogP contribution < -0.4 is 4.72 Å². The number of carbonyl (C=O) groups is 1. The number of aromatic amines is 1. The van der Waals surface area contributed by atoms with Crippen LogP contribution in [0.2, 0.25) is 0 Å². The number of hydrogen-bond donors (Lipinski definition) is 3. The van der Waals surface area contributed by atoms with Gasteiger partial charge < -0.3 is 10.1 Å². The largest absolute Gasteiger partial charge is 0.481 e. The average molecular weight is 313 g/mol. The molecular formula is C11H15N5O4S. The van der Waals surface area contributed by atoms with E-state index in [4.69, 9.17) is 5.11 Å². The summed E-state index contributed by atoms with van der Waals surface area (Å²) in [5.74, 6) is -0.476. The lowest BCUT2D eigenvalue weighted by Gasteiger charge is -2.10. The highest BCUT2D eigenvalue weighted by molar-refractivity contribution is 7.89. The smallest absolute Gasteiger partial charge is 0.305 e. The van der Waals surface area contributed by atoms with Crippen molar-refractivity contribution < 1.29 is 18.3 Å². The van der Waals surface area contributed by atoms with E-state index in [9.17, 15) is 13.2 Å². The average Bonchev–Trinajstić information content (AvgIpc) is 3.07. The van der Waals surface area contributed by atoms with Crippen LogP contribution in [0.5, 0.6) is 0 Å². The van der Waals surface area contributed by atoms with E-state index in [2.05, 4.69) is 19.8 Å². The van der Waals surface area contributed by atoms with Gasteiger partial charge in [-0.3, -0.25) is 9.48 Å². The van der Waals surface area contributed by atoms with Gasteiger partial charge in [-0.15, -0.1) is 0 Å². The van der Waals surface area contributed by atoms with Crippen LogP contribution in [0, 0.1) is 0 Å². The fourth-order valence-electron chi connectivity index (χ4n) is 1.69. The van der Waals surface area contributed by atoms with Crippen LogP contribution in [0.4, 0.5) is 0 Å². The number of carboxylic acids is 1. The van der Waals surface area contributed by atoms with E-state index in [1.54, 1.807) is 13.1 Å². The van der Waals surface area contributed by atoms with Gasteiger partial charge in [-0.25, -0.2) is 18.1 Å². The minimum atomic E-state index is -3.74. The molecule has 9 nitrogen and oxygen atoms in total. The summed E-state index contributed by atoms with van der Waals surface area (Å²) >= 11 is 0. The predicted molar refractivity (Wildman–Crippen MR) is 71.8 cm³/mol. The third-order valence-electron chi connectivity index (χ3n) is 2.74. The van der Waals surface area contributed by atoms with Gasteiger partial charge in [0.05, 0.1) is 25.2 Å². The Bertz CT molecular complexity index is 707. The van der Waals surface area contributed by atoms with Gasteiger partial charge in [-0.1, -0.05) is 0 Å². The predicted octanol–water partition coefficient (Wildman–Crippen LogP) is 0.120. The molecule has 2 rings (SSSR count). The number of nitrogens with zero attached hydrogens (tertiary/aromatic N) is 3. The SMILES string of the molecule is CC(NS(=O)(=O)c1cnn(CCC(=O)O)c1)c1ncc[nH]1. The van der Waals surface area contributed by atoms with Crippen molar-refractivity contribution in [3.8, 4) is 0 Å². The molecule has 0 aromatic carbocycles. The highest BCUT2D eigenvalue weighted by Gasteiger charge is 2.21. The van der Waals surface area contributed by atoms with Crippen molar-refractivity contribution in [2.75, 3.05) is 0 Å². The van der Waals surface area contributed by atoms with Crippen molar-refractivity contribution in [2.45, 2.75) is 30.8 Å². The number of hydrogen-bond acceptors (Lipinski definition) is 5. The summed E-state index contributed by atoms with van der Waals surface area (Å²) in [4.78, 5) is 17.3. The molecular weight excluding hydrogens is 298 g/mol. The highest BCUT2D eigenvalue weighted by atomic mass is 32.2. The fourth-order valence-corrected chi connectivity index (χ4v) is 2.85. The number of nitrogens with one attached hydrogen (secondary N) is 2. The zero-order chi connectivity index (χ0) is 15.5. The maximum atomic E-state index is 12.2. The van der Waals surface area contributed by atoms with Gasteiger partial charge >= 0.3 is 5.97 Å². The van der Waals surface area contributed by atoms with Crippen LogP contribution in [0.1, 0.15) is 25.2 Å². The second-order valence-electron chi connectivity index (χ2n) is 4.40. The molecule has 0 bridgehead atoms. The van der Waals surface area contributed by atoms with Gasteiger partial charge in [0, 0.05) is 18.6 Å². The monoisotopic (exact) mass is 313 g/mol. The molecule has 2 aromatic heterocycles. The van der Waals surface area contributed by atoms with Gasteiger partial charge in [0.15, 0.2) is 0 Å². The topological polar surface area (TPSA) is 130 Å². The maximum Gasteiger partial charge on any atom is 0.305 e. The van der Waals surface area contributed by atoms with E-state index in [0.717, 1.165) is 0 Å². The second-order valence-corrected chi connectivity index (χ2v) is 6.11. The Morgan fingerprint density at radius 3 is 2.95 bits per heavy atom. The fraction of sp³-hybridized carbons (Fsp3) is 0.364. The standard InChI is InChI=1S/C11H15N5O4S/c1-8(11-12-3-4-13-11)15-21(19,20)9-6-14-16(7-9)5-2-10(17)18/h3-4,6-8,15H,2,5H2,1H3,(H,12,13)(H,17,18). The summed E-state index contributed by atoms with van der Waals surface area (Å²) in [7, 11) is -3.74. The van der Waals surface area contributed by atoms with Gasteiger partial charge in [0.1, 0.15) is 10.7 Å². The molecule has 21 heavy (non-hydrogen) atoms. The van der Waals surface area contributed by atoms with E-state index < -0.39 is 22.0 Å². The molecule has 0 saturated heterocycles. The van der Waals surface area contributed by atoms with Crippen molar-refractivity contribution in [1.29, 1.82) is 0 Å². The van der Waals surface area contributed by atoms with Crippen LogP contribution in [-0.2, 0) is 21.4 Å². The van der Waals surface area contributed by atoms with Crippen molar-refractivity contribution in [2.24, 2.45) is 0 Å². The first kappa shape index (κ1) is 15.2. The lowest BCUT2D eigenvalue weighted by atomic mass is 10.3. The molecule has 3 N–H and O–H groups in total. The summed E-state index contributed by atoms with van der Waals surface area (Å²) in [6, 6.07) is -0.521. The van der Waals surface area contributed by atoms with E-state index >= 15 is 0 Å². The number of sulfonamides is 1. The third-order valence-corrected chi connectivity index (χ3v) is 4.23. The molecule has 0 amide bonds. The molecule has 0 radical (unpaired) electrons. The molecule has 2 aromatic rings. The number of imidazole rings is 1. The third kappa shape index (κ3) is 3.89. The minimum Gasteiger partial charge on any atom is -0.481 e. The number of carboxylic acid groups (broad SMARTS) is 1. The van der Waals surface area contributed by atoms with Crippen LogP contribution >= 0.6 is 0 Å². The number of H-pyrrole nitrogens is 1. The lowest BCUT2D eigenvalue weighted by Crippen LogP contribution is -2.27. The number of aromatic nitrogens is 4. The molecule has 2 heterocycles. The number of aryl methyl sites for hydroxylation is 1. The van der Waals surface area contributed by atoms with Crippen molar-refractivity contribution in [3.63, 3.8) is 0 Å². The summed E-state index contributed by atoms with van der Waals surface area (Å²) in [6.45, 7) is 1.77. The quantitative estimate of drug-likeness (QED) is 0.665. The zero-order valence-electron chi connectivity index (χ0n) is 11.2. The maximum absolute atomic E-state index is 12.2. The Hall–Kier alpha value is -2.20. The summed E-state index contributed by atoms with van der Waals surface area (Å²) in [5, 5.41) is 12.4. The first-order valence-electron chi connectivity index (χ1n) is 6.14. The van der Waals surface area contributed by atoms with E-state index in [1.807, 2.05) is 0 Å². The Morgan fingerprint density at radius 2 is 2.33 bits per heavy atom. The summed E-state index contributed by atoms with van der Waals surface area (Å²) in [6.07, 6.45) is 5.48. The molecule has 10 heteroatoms. The Balaban J connectivity index is 2.07. The van der Waals surface area contributed by atoms with Gasteiger partial charge in [-0.2, -0.15) is 5.10 Å². The minimum absolute atomic E-state index is 0.0219. The summed E-state index contributed by atoms with van der Waals surface area (Å²) < 4.78 is 28.1. The normalized spacial score (nSPS) is 13.2.